The summed E-state index contributed by atoms with van der Waals surface area (Å²) in [5.74, 6) is -1.15. The van der Waals surface area contributed by atoms with E-state index in [0.29, 0.717) is 0 Å². The first kappa shape index (κ1) is 23.8. The number of ether oxygens (including phenoxy) is 2. The first-order chi connectivity index (χ1) is 16.5. The van der Waals surface area contributed by atoms with Crippen LogP contribution in [0.4, 0.5) is 4.79 Å². The van der Waals surface area contributed by atoms with Crippen LogP contribution in [0.15, 0.2) is 48.5 Å². The summed E-state index contributed by atoms with van der Waals surface area (Å²) in [6.07, 6.45) is 2.04. The molecule has 1 fully saturated rings. The molecule has 2 aromatic carbocycles. The highest BCUT2D eigenvalue weighted by atomic mass is 16.5. The minimum atomic E-state index is -0.846. The fraction of sp³-hybridized carbons (Fsp3) is 0.423. The smallest absolute Gasteiger partial charge is 0.407 e. The lowest BCUT2D eigenvalue weighted by Crippen LogP contribution is -2.40. The molecule has 0 bridgehead atoms. The van der Waals surface area contributed by atoms with E-state index in [2.05, 4.69) is 34.9 Å². The number of alkyl carbamates (subject to hydrolysis) is 1. The molecular weight excluding hydrogens is 436 g/mol. The number of rotatable bonds is 10. The van der Waals surface area contributed by atoms with Crippen LogP contribution in [0, 0.1) is 5.92 Å². The second-order valence-corrected chi connectivity index (χ2v) is 8.77. The van der Waals surface area contributed by atoms with Gasteiger partial charge in [0.1, 0.15) is 13.2 Å². The van der Waals surface area contributed by atoms with E-state index < -0.39 is 12.1 Å². The van der Waals surface area contributed by atoms with Gasteiger partial charge in [0.15, 0.2) is 0 Å². The highest BCUT2D eigenvalue weighted by Crippen LogP contribution is 2.44. The molecule has 4 rings (SSSR count). The Labute approximate surface area is 198 Å². The van der Waals surface area contributed by atoms with Crippen LogP contribution in [0.25, 0.3) is 11.1 Å². The first-order valence-corrected chi connectivity index (χ1v) is 11.7. The fourth-order valence-corrected chi connectivity index (χ4v) is 4.98. The third kappa shape index (κ3) is 5.75. The van der Waals surface area contributed by atoms with Crippen molar-refractivity contribution < 1.29 is 29.0 Å². The molecule has 2 unspecified atom stereocenters. The molecule has 3 N–H and O–H groups in total. The molecule has 180 valence electrons. The summed E-state index contributed by atoms with van der Waals surface area (Å²) in [5, 5.41) is 14.5. The van der Waals surface area contributed by atoms with Gasteiger partial charge in [0.25, 0.3) is 0 Å². The highest BCUT2D eigenvalue weighted by molar-refractivity contribution is 5.79. The number of aliphatic carboxylic acids is 1. The van der Waals surface area contributed by atoms with Crippen molar-refractivity contribution in [3.05, 3.63) is 59.7 Å². The van der Waals surface area contributed by atoms with Crippen molar-refractivity contribution in [1.82, 2.24) is 10.6 Å². The number of carboxylic acids is 1. The monoisotopic (exact) mass is 466 g/mol. The van der Waals surface area contributed by atoms with Crippen LogP contribution in [-0.4, -0.2) is 55.5 Å². The summed E-state index contributed by atoms with van der Waals surface area (Å²) in [5.41, 5.74) is 4.65. The van der Waals surface area contributed by atoms with Crippen molar-refractivity contribution >= 4 is 18.0 Å². The van der Waals surface area contributed by atoms with E-state index in [1.54, 1.807) is 0 Å². The fourth-order valence-electron chi connectivity index (χ4n) is 4.98. The maximum atomic E-state index is 12.2. The molecule has 34 heavy (non-hydrogen) atoms. The molecule has 2 atom stereocenters. The Balaban J connectivity index is 1.14. The number of hydrogen-bond acceptors (Lipinski definition) is 5. The normalized spacial score (nSPS) is 18.7. The molecule has 2 amide bonds. The summed E-state index contributed by atoms with van der Waals surface area (Å²) in [7, 11) is 0. The zero-order valence-electron chi connectivity index (χ0n) is 19.0. The summed E-state index contributed by atoms with van der Waals surface area (Å²) in [6, 6.07) is 16.2. The average Bonchev–Trinajstić information content (AvgIpc) is 3.38. The Hall–Kier alpha value is -3.39. The van der Waals surface area contributed by atoms with Gasteiger partial charge in [0.05, 0.1) is 13.0 Å². The number of carbonyl (C=O) groups is 3. The van der Waals surface area contributed by atoms with E-state index in [9.17, 15) is 14.4 Å². The molecule has 0 heterocycles. The van der Waals surface area contributed by atoms with E-state index in [0.717, 1.165) is 30.4 Å². The molecule has 0 spiro atoms. The minimum absolute atomic E-state index is 0.00126. The number of carboxylic acid groups (broad SMARTS) is 1. The van der Waals surface area contributed by atoms with Crippen LogP contribution < -0.4 is 10.6 Å². The van der Waals surface area contributed by atoms with Crippen LogP contribution >= 0.6 is 0 Å². The quantitative estimate of drug-likeness (QED) is 0.463. The molecule has 8 heteroatoms. The van der Waals surface area contributed by atoms with E-state index in [1.807, 2.05) is 24.3 Å². The molecule has 2 aliphatic rings. The molecule has 8 nitrogen and oxygen atoms in total. The molecule has 2 aromatic rings. The second-order valence-electron chi connectivity index (χ2n) is 8.77. The van der Waals surface area contributed by atoms with Crippen LogP contribution in [0.2, 0.25) is 0 Å². The van der Waals surface area contributed by atoms with Crippen molar-refractivity contribution in [3.63, 3.8) is 0 Å². The van der Waals surface area contributed by atoms with Gasteiger partial charge in [-0.3, -0.25) is 9.59 Å². The lowest BCUT2D eigenvalue weighted by molar-refractivity contribution is -0.138. The predicted octanol–water partition coefficient (Wildman–Crippen LogP) is 3.30. The van der Waals surface area contributed by atoms with Crippen LogP contribution in [-0.2, 0) is 19.1 Å². The van der Waals surface area contributed by atoms with Gasteiger partial charge in [0, 0.05) is 18.5 Å². The summed E-state index contributed by atoms with van der Waals surface area (Å²) in [6.45, 7) is 0.487. The van der Waals surface area contributed by atoms with Gasteiger partial charge in [-0.05, 0) is 41.0 Å². The summed E-state index contributed by atoms with van der Waals surface area (Å²) >= 11 is 0. The van der Waals surface area contributed by atoms with Crippen molar-refractivity contribution in [2.45, 2.75) is 37.6 Å². The van der Waals surface area contributed by atoms with E-state index >= 15 is 0 Å². The number of benzene rings is 2. The van der Waals surface area contributed by atoms with Gasteiger partial charge >= 0.3 is 12.1 Å². The first-order valence-electron chi connectivity index (χ1n) is 11.7. The molecule has 0 saturated heterocycles. The molecule has 0 radical (unpaired) electrons. The number of carbonyl (C=O) groups excluding carboxylic acids is 2. The largest absolute Gasteiger partial charge is 0.481 e. The van der Waals surface area contributed by atoms with Crippen molar-refractivity contribution in [1.29, 1.82) is 0 Å². The van der Waals surface area contributed by atoms with Gasteiger partial charge in [-0.1, -0.05) is 55.0 Å². The van der Waals surface area contributed by atoms with Gasteiger partial charge in [-0.2, -0.15) is 0 Å². The second kappa shape index (κ2) is 11.2. The predicted molar refractivity (Wildman–Crippen MR) is 125 cm³/mol. The SMILES string of the molecule is O=C(O)CC1CCCC1NC(=O)COCCNC(=O)OCC1c2ccccc2-c2ccccc21. The average molecular weight is 467 g/mol. The molecular formula is C26H30N2O6. The highest BCUT2D eigenvalue weighted by Gasteiger charge is 2.30. The number of hydrogen-bond donors (Lipinski definition) is 3. The topological polar surface area (TPSA) is 114 Å². The van der Waals surface area contributed by atoms with Crippen molar-refractivity contribution in [2.75, 3.05) is 26.4 Å². The van der Waals surface area contributed by atoms with Gasteiger partial charge in [-0.25, -0.2) is 4.79 Å². The maximum Gasteiger partial charge on any atom is 0.407 e. The van der Waals surface area contributed by atoms with Crippen LogP contribution in [0.5, 0.6) is 0 Å². The van der Waals surface area contributed by atoms with Gasteiger partial charge in [0.2, 0.25) is 5.91 Å². The molecule has 1 saturated carbocycles. The number of nitrogens with one attached hydrogen (secondary N) is 2. The number of amides is 2. The van der Waals surface area contributed by atoms with Gasteiger partial charge in [-0.15, -0.1) is 0 Å². The van der Waals surface area contributed by atoms with Crippen molar-refractivity contribution in [2.24, 2.45) is 5.92 Å². The summed E-state index contributed by atoms with van der Waals surface area (Å²) < 4.78 is 10.8. The van der Waals surface area contributed by atoms with E-state index in [1.165, 1.54) is 11.1 Å². The lowest BCUT2D eigenvalue weighted by Gasteiger charge is -2.19. The zero-order chi connectivity index (χ0) is 23.9. The Morgan fingerprint density at radius 3 is 2.32 bits per heavy atom. The minimum Gasteiger partial charge on any atom is -0.481 e. The molecule has 2 aliphatic carbocycles. The lowest BCUT2D eigenvalue weighted by atomic mass is 9.98. The third-order valence-electron chi connectivity index (χ3n) is 6.53. The standard InChI is InChI=1S/C26H30N2O6/c29-24(28-23-11-5-6-17(23)14-25(30)31)16-33-13-12-27-26(32)34-15-22-20-9-3-1-7-18(20)19-8-2-4-10-21(19)22/h1-4,7-10,17,22-23H,5-6,11-16H2,(H,27,32)(H,28,29)(H,30,31). The summed E-state index contributed by atoms with van der Waals surface area (Å²) in [4.78, 5) is 35.2. The van der Waals surface area contributed by atoms with Gasteiger partial charge < -0.3 is 25.2 Å². The van der Waals surface area contributed by atoms with E-state index in [-0.39, 0.29) is 56.6 Å². The van der Waals surface area contributed by atoms with Crippen LogP contribution in [0.3, 0.4) is 0 Å². The third-order valence-corrected chi connectivity index (χ3v) is 6.53. The van der Waals surface area contributed by atoms with Crippen LogP contribution in [0.1, 0.15) is 42.7 Å². The van der Waals surface area contributed by atoms with Crippen molar-refractivity contribution in [3.8, 4) is 11.1 Å². The Morgan fingerprint density at radius 1 is 0.971 bits per heavy atom. The number of fused-ring (bicyclic) bond motifs is 3. The Kier molecular flexibility index (Phi) is 7.80. The van der Waals surface area contributed by atoms with E-state index in [4.69, 9.17) is 14.6 Å². The Bertz CT molecular complexity index is 994. The zero-order valence-corrected chi connectivity index (χ0v) is 19.0. The molecule has 0 aliphatic heterocycles. The molecule has 0 aromatic heterocycles. The Morgan fingerprint density at radius 2 is 1.65 bits per heavy atom. The maximum absolute atomic E-state index is 12.2.